The SMILES string of the molecule is CN(CC1CC1)[C@@H]1Cc2ccc(O)c3c2C2(C)[C@@H](O3)C(=O)CC[C@@]12OCc1ccccc1. The number of hydrogen-bond donors (Lipinski definition) is 1. The number of likely N-dealkylation sites (N-methyl/N-ethyl adjacent to an activating group) is 1. The van der Waals surface area contributed by atoms with E-state index in [0.29, 0.717) is 25.2 Å². The van der Waals surface area contributed by atoms with E-state index in [1.165, 1.54) is 18.4 Å². The second-order valence-electron chi connectivity index (χ2n) is 10.4. The second kappa shape index (κ2) is 7.06. The molecule has 1 heterocycles. The Bertz CT molecular complexity index is 1060. The van der Waals surface area contributed by atoms with Crippen LogP contribution in [0.4, 0.5) is 0 Å². The lowest BCUT2D eigenvalue weighted by molar-refractivity contribution is -0.193. The first kappa shape index (κ1) is 20.3. The van der Waals surface area contributed by atoms with Crippen molar-refractivity contribution in [2.75, 3.05) is 13.6 Å². The van der Waals surface area contributed by atoms with E-state index in [1.54, 1.807) is 6.07 Å². The molecule has 3 aliphatic carbocycles. The Morgan fingerprint density at radius 1 is 1.19 bits per heavy atom. The molecule has 0 amide bonds. The Labute approximate surface area is 189 Å². The van der Waals surface area contributed by atoms with E-state index < -0.39 is 17.1 Å². The molecule has 2 fully saturated rings. The van der Waals surface area contributed by atoms with Gasteiger partial charge in [0.1, 0.15) is 0 Å². The number of carbonyl (C=O) groups excluding carboxylic acids is 1. The van der Waals surface area contributed by atoms with E-state index in [-0.39, 0.29) is 17.6 Å². The van der Waals surface area contributed by atoms with Crippen LogP contribution < -0.4 is 4.74 Å². The maximum Gasteiger partial charge on any atom is 0.174 e. The molecule has 5 heteroatoms. The van der Waals surface area contributed by atoms with Crippen molar-refractivity contribution in [1.29, 1.82) is 0 Å². The molecular weight excluding hydrogens is 402 g/mol. The molecule has 0 spiro atoms. The monoisotopic (exact) mass is 433 g/mol. The van der Waals surface area contributed by atoms with E-state index in [4.69, 9.17) is 9.47 Å². The summed E-state index contributed by atoms with van der Waals surface area (Å²) in [6.07, 6.45) is 3.92. The van der Waals surface area contributed by atoms with Gasteiger partial charge in [0, 0.05) is 24.6 Å². The average molecular weight is 434 g/mol. The maximum absolute atomic E-state index is 13.1. The van der Waals surface area contributed by atoms with Gasteiger partial charge in [0.2, 0.25) is 0 Å². The molecule has 2 aromatic carbocycles. The van der Waals surface area contributed by atoms with Crippen LogP contribution in [-0.2, 0) is 28.0 Å². The van der Waals surface area contributed by atoms with Crippen molar-refractivity contribution < 1.29 is 19.4 Å². The fourth-order valence-corrected chi connectivity index (χ4v) is 6.70. The lowest BCUT2D eigenvalue weighted by Gasteiger charge is -2.59. The van der Waals surface area contributed by atoms with Crippen molar-refractivity contribution in [1.82, 2.24) is 4.90 Å². The van der Waals surface area contributed by atoms with Gasteiger partial charge in [0.15, 0.2) is 23.4 Å². The van der Waals surface area contributed by atoms with Gasteiger partial charge in [0.05, 0.1) is 17.6 Å². The number of hydrogen-bond acceptors (Lipinski definition) is 5. The molecule has 4 aliphatic rings. The van der Waals surface area contributed by atoms with Crippen LogP contribution in [-0.4, -0.2) is 47.1 Å². The van der Waals surface area contributed by atoms with Gasteiger partial charge < -0.3 is 14.6 Å². The molecule has 1 unspecified atom stereocenters. The summed E-state index contributed by atoms with van der Waals surface area (Å²) in [5, 5.41) is 10.6. The zero-order chi connectivity index (χ0) is 22.1. The lowest BCUT2D eigenvalue weighted by atomic mass is 9.52. The molecule has 0 saturated heterocycles. The van der Waals surface area contributed by atoms with Gasteiger partial charge in [-0.25, -0.2) is 0 Å². The summed E-state index contributed by atoms with van der Waals surface area (Å²) >= 11 is 0. The van der Waals surface area contributed by atoms with Crippen LogP contribution in [0.15, 0.2) is 42.5 Å². The normalized spacial score (nSPS) is 32.7. The molecule has 1 N–H and O–H groups in total. The van der Waals surface area contributed by atoms with Gasteiger partial charge in [-0.2, -0.15) is 0 Å². The Morgan fingerprint density at radius 2 is 1.97 bits per heavy atom. The second-order valence-corrected chi connectivity index (χ2v) is 10.4. The lowest BCUT2D eigenvalue weighted by Crippen LogP contribution is -2.72. The molecule has 2 saturated carbocycles. The number of rotatable bonds is 6. The van der Waals surface area contributed by atoms with Crippen LogP contribution in [0.25, 0.3) is 0 Å². The molecule has 0 radical (unpaired) electrons. The zero-order valence-electron chi connectivity index (χ0n) is 18.8. The highest BCUT2D eigenvalue weighted by Gasteiger charge is 2.70. The van der Waals surface area contributed by atoms with Gasteiger partial charge in [-0.1, -0.05) is 36.4 Å². The third-order valence-corrected chi connectivity index (χ3v) is 8.48. The van der Waals surface area contributed by atoms with Gasteiger partial charge in [-0.15, -0.1) is 0 Å². The largest absolute Gasteiger partial charge is 0.504 e. The van der Waals surface area contributed by atoms with Gasteiger partial charge in [-0.05, 0) is 62.8 Å². The number of phenolic OH excluding ortho intramolecular Hbond substituents is 1. The molecule has 2 aromatic rings. The van der Waals surface area contributed by atoms with Gasteiger partial charge in [-0.3, -0.25) is 9.69 Å². The molecule has 0 aromatic heterocycles. The highest BCUT2D eigenvalue weighted by atomic mass is 16.5. The van der Waals surface area contributed by atoms with E-state index in [0.717, 1.165) is 30.0 Å². The summed E-state index contributed by atoms with van der Waals surface area (Å²) in [4.78, 5) is 15.6. The Hall–Kier alpha value is -2.37. The number of carbonyl (C=O) groups is 1. The Balaban J connectivity index is 1.50. The third kappa shape index (κ3) is 2.74. The topological polar surface area (TPSA) is 59.0 Å². The van der Waals surface area contributed by atoms with Crippen LogP contribution in [0.2, 0.25) is 0 Å². The van der Waals surface area contributed by atoms with Crippen molar-refractivity contribution in [2.24, 2.45) is 5.92 Å². The van der Waals surface area contributed by atoms with Gasteiger partial charge in [0.25, 0.3) is 0 Å². The van der Waals surface area contributed by atoms with Crippen LogP contribution in [0.3, 0.4) is 0 Å². The first-order valence-electron chi connectivity index (χ1n) is 11.9. The number of ether oxygens (including phenoxy) is 2. The maximum atomic E-state index is 13.1. The third-order valence-electron chi connectivity index (χ3n) is 8.48. The predicted octanol–water partition coefficient (Wildman–Crippen LogP) is 4.00. The molecule has 6 rings (SSSR count). The average Bonchev–Trinajstić information content (AvgIpc) is 3.54. The first-order chi connectivity index (χ1) is 15.4. The number of nitrogens with zero attached hydrogens (tertiary/aromatic N) is 1. The van der Waals surface area contributed by atoms with Crippen LogP contribution >= 0.6 is 0 Å². The number of benzene rings is 2. The quantitative estimate of drug-likeness (QED) is 0.746. The van der Waals surface area contributed by atoms with Crippen molar-refractivity contribution in [3.05, 3.63) is 59.2 Å². The van der Waals surface area contributed by atoms with Crippen molar-refractivity contribution in [3.8, 4) is 11.5 Å². The van der Waals surface area contributed by atoms with Crippen LogP contribution in [0.5, 0.6) is 11.5 Å². The minimum absolute atomic E-state index is 0.110. The summed E-state index contributed by atoms with van der Waals surface area (Å²) in [5.74, 6) is 1.48. The number of aromatic hydroxyl groups is 1. The van der Waals surface area contributed by atoms with Crippen LogP contribution in [0, 0.1) is 5.92 Å². The van der Waals surface area contributed by atoms with Crippen molar-refractivity contribution >= 4 is 5.78 Å². The molecule has 0 bridgehead atoms. The summed E-state index contributed by atoms with van der Waals surface area (Å²) in [5.41, 5.74) is 2.07. The first-order valence-corrected chi connectivity index (χ1v) is 11.9. The van der Waals surface area contributed by atoms with E-state index in [1.807, 2.05) is 24.3 Å². The number of phenols is 1. The highest BCUT2D eigenvalue weighted by Crippen LogP contribution is 2.63. The van der Waals surface area contributed by atoms with Crippen molar-refractivity contribution in [3.63, 3.8) is 0 Å². The summed E-state index contributed by atoms with van der Waals surface area (Å²) < 4.78 is 13.2. The van der Waals surface area contributed by atoms with Gasteiger partial charge >= 0.3 is 0 Å². The molecule has 32 heavy (non-hydrogen) atoms. The van der Waals surface area contributed by atoms with Crippen molar-refractivity contribution in [2.45, 2.75) is 68.8 Å². The Morgan fingerprint density at radius 3 is 2.72 bits per heavy atom. The fourth-order valence-electron chi connectivity index (χ4n) is 6.70. The fraction of sp³-hybridized carbons (Fsp3) is 0.519. The van der Waals surface area contributed by atoms with E-state index in [2.05, 4.69) is 31.0 Å². The molecule has 5 nitrogen and oxygen atoms in total. The summed E-state index contributed by atoms with van der Waals surface area (Å²) in [6, 6.07) is 14.1. The molecule has 168 valence electrons. The molecule has 4 atom stereocenters. The minimum Gasteiger partial charge on any atom is -0.504 e. The van der Waals surface area contributed by atoms with E-state index in [9.17, 15) is 9.90 Å². The number of ketones is 1. The minimum atomic E-state index is -0.638. The molecule has 1 aliphatic heterocycles. The summed E-state index contributed by atoms with van der Waals surface area (Å²) in [7, 11) is 2.22. The van der Waals surface area contributed by atoms with Crippen LogP contribution in [0.1, 0.15) is 49.3 Å². The highest BCUT2D eigenvalue weighted by molar-refractivity contribution is 5.89. The van der Waals surface area contributed by atoms with E-state index >= 15 is 0 Å². The Kier molecular flexibility index (Phi) is 4.47. The molecular formula is C27H31NO4. The smallest absolute Gasteiger partial charge is 0.174 e. The number of Topliss-reactive ketones (excluding diaryl/α,β-unsaturated/α-hetero) is 1. The summed E-state index contributed by atoms with van der Waals surface area (Å²) in [6.45, 7) is 3.69. The predicted molar refractivity (Wildman–Crippen MR) is 121 cm³/mol. The zero-order valence-corrected chi connectivity index (χ0v) is 18.8. The standard InChI is InChI=1S/C27H31NO4/c1-26-23-19-10-11-20(29)24(23)32-25(26)21(30)12-13-27(26,31-16-18-6-4-3-5-7-18)22(14-19)28(2)15-17-8-9-17/h3-7,10-11,17,22,25,29H,8-9,12-16H2,1-2H3/t22-,25+,26?,27-/m1/s1.